The number of aromatic amines is 1. The van der Waals surface area contributed by atoms with Crippen LogP contribution in [0.15, 0.2) is 40.7 Å². The van der Waals surface area contributed by atoms with Crippen LogP contribution >= 0.6 is 0 Å². The quantitative estimate of drug-likeness (QED) is 0.170. The Balaban J connectivity index is 2.02. The molecule has 0 aliphatic heterocycles. The van der Waals surface area contributed by atoms with Gasteiger partial charge in [0.05, 0.1) is 22.8 Å². The van der Waals surface area contributed by atoms with Gasteiger partial charge in [0.25, 0.3) is 0 Å². The molecule has 0 atom stereocenters. The highest BCUT2D eigenvalue weighted by molar-refractivity contribution is 6.21. The van der Waals surface area contributed by atoms with Crippen molar-refractivity contribution in [2.75, 3.05) is 0 Å². The summed E-state index contributed by atoms with van der Waals surface area (Å²) in [5.74, 6) is 4.27. The maximum atomic E-state index is 13.4. The van der Waals surface area contributed by atoms with Crippen LogP contribution in [0.2, 0.25) is 0 Å². The lowest BCUT2D eigenvalue weighted by Crippen LogP contribution is -2.30. The molecule has 0 unspecified atom stereocenters. The van der Waals surface area contributed by atoms with Crippen LogP contribution in [0.1, 0.15) is 52.2 Å². The van der Waals surface area contributed by atoms with Crippen molar-refractivity contribution in [2.45, 2.75) is 19.3 Å². The summed E-state index contributed by atoms with van der Waals surface area (Å²) < 4.78 is 0. The summed E-state index contributed by atoms with van der Waals surface area (Å²) in [7, 11) is 0. The van der Waals surface area contributed by atoms with Crippen LogP contribution < -0.4 is 5.84 Å². The Labute approximate surface area is 159 Å². The molecule has 0 spiro atoms. The van der Waals surface area contributed by atoms with Crippen LogP contribution in [-0.2, 0) is 5.41 Å². The molecule has 2 aromatic carbocycles. The van der Waals surface area contributed by atoms with E-state index in [1.165, 1.54) is 12.1 Å². The fourth-order valence-electron chi connectivity index (χ4n) is 3.84. The first-order valence-electron chi connectivity index (χ1n) is 8.48. The summed E-state index contributed by atoms with van der Waals surface area (Å²) in [5, 5.41) is 34.7. The summed E-state index contributed by atoms with van der Waals surface area (Å²) in [6, 6.07) is 10.2. The van der Waals surface area contributed by atoms with Crippen LogP contribution in [-0.4, -0.2) is 21.7 Å². The second-order valence-corrected chi connectivity index (χ2v) is 7.18. The molecule has 0 fully saturated rings. The summed E-state index contributed by atoms with van der Waals surface area (Å²) in [5.41, 5.74) is 2.93. The normalized spacial score (nSPS) is 14.7. The molecular weight excluding hydrogens is 356 g/mol. The van der Waals surface area contributed by atoms with Gasteiger partial charge in [0.15, 0.2) is 11.6 Å². The molecule has 1 aromatic heterocycles. The molecule has 8 nitrogen and oxygen atoms in total. The van der Waals surface area contributed by atoms with Gasteiger partial charge in [-0.2, -0.15) is 5.26 Å². The number of nitrogens with two attached hydrogens (primary N) is 1. The number of rotatable bonds is 1. The van der Waals surface area contributed by atoms with E-state index in [2.05, 4.69) is 21.4 Å². The lowest BCUT2D eigenvalue weighted by molar-refractivity contribution is 0.103. The van der Waals surface area contributed by atoms with Crippen molar-refractivity contribution >= 4 is 22.5 Å². The number of aromatic hydroxyl groups is 1. The number of carbonyl (C=O) groups is 1. The van der Waals surface area contributed by atoms with Crippen molar-refractivity contribution in [3.05, 3.63) is 63.8 Å². The summed E-state index contributed by atoms with van der Waals surface area (Å²) in [4.78, 5) is 16.6. The minimum atomic E-state index is -0.613. The van der Waals surface area contributed by atoms with E-state index in [-0.39, 0.29) is 22.9 Å². The van der Waals surface area contributed by atoms with Crippen LogP contribution in [0, 0.1) is 16.7 Å². The number of amidine groups is 1. The van der Waals surface area contributed by atoms with Crippen molar-refractivity contribution < 1.29 is 9.90 Å². The number of benzene rings is 2. The van der Waals surface area contributed by atoms with Crippen molar-refractivity contribution in [3.8, 4) is 11.8 Å². The molecule has 0 radical (unpaired) electrons. The van der Waals surface area contributed by atoms with Gasteiger partial charge >= 0.3 is 0 Å². The van der Waals surface area contributed by atoms with Gasteiger partial charge in [0.1, 0.15) is 5.75 Å². The molecule has 0 amide bonds. The minimum Gasteiger partial charge on any atom is -0.507 e. The number of carbonyl (C=O) groups excluding carboxylic acids is 1. The lowest BCUT2D eigenvalue weighted by Gasteiger charge is -2.32. The van der Waals surface area contributed by atoms with E-state index in [1.54, 1.807) is 18.2 Å². The Bertz CT molecular complexity index is 1260. The predicted octanol–water partition coefficient (Wildman–Crippen LogP) is 3.27. The molecule has 1 aliphatic carbocycles. The van der Waals surface area contributed by atoms with Gasteiger partial charge in [0, 0.05) is 27.6 Å². The molecule has 28 heavy (non-hydrogen) atoms. The third-order valence-electron chi connectivity index (χ3n) is 5.25. The molecule has 8 heteroatoms. The van der Waals surface area contributed by atoms with Gasteiger partial charge in [-0.15, -0.1) is 5.11 Å². The number of hydrogen-bond donors (Lipinski definition) is 4. The highest BCUT2D eigenvalue weighted by Crippen LogP contribution is 2.45. The van der Waals surface area contributed by atoms with Crippen LogP contribution in [0.4, 0.5) is 0 Å². The monoisotopic (exact) mass is 372 g/mol. The number of nitrogens with zero attached hydrogens (tertiary/aromatic N) is 3. The van der Waals surface area contributed by atoms with Gasteiger partial charge in [-0.3, -0.25) is 10.2 Å². The fraction of sp³-hybridized carbons (Fsp3) is 0.150. The number of H-pyrrole nitrogens is 1. The van der Waals surface area contributed by atoms with Crippen LogP contribution in [0.3, 0.4) is 0 Å². The third kappa shape index (κ3) is 2.23. The zero-order valence-corrected chi connectivity index (χ0v) is 15.2. The molecule has 3 aromatic rings. The molecule has 1 aliphatic rings. The SMILES string of the molecule is CC1(C)c2cc(O)c(C(=N)/N=N\N)cc2C(=O)c2c1[nH]c1cc(C#N)ccc21. The van der Waals surface area contributed by atoms with E-state index in [0.29, 0.717) is 27.8 Å². The van der Waals surface area contributed by atoms with E-state index in [1.807, 2.05) is 13.8 Å². The Hall–Kier alpha value is -3.99. The summed E-state index contributed by atoms with van der Waals surface area (Å²) >= 11 is 0. The minimum absolute atomic E-state index is 0.0761. The second kappa shape index (κ2) is 5.76. The van der Waals surface area contributed by atoms with E-state index in [4.69, 9.17) is 16.5 Å². The average Bonchev–Trinajstić information content (AvgIpc) is 3.06. The Morgan fingerprint density at radius 1 is 1.32 bits per heavy atom. The zero-order chi connectivity index (χ0) is 20.2. The number of aromatic nitrogens is 1. The summed E-state index contributed by atoms with van der Waals surface area (Å²) in [6.07, 6.45) is 0. The van der Waals surface area contributed by atoms with Gasteiger partial charge in [-0.25, -0.2) is 0 Å². The molecule has 5 N–H and O–H groups in total. The molecule has 4 rings (SSSR count). The number of ketones is 1. The van der Waals surface area contributed by atoms with Gasteiger partial charge in [-0.1, -0.05) is 25.1 Å². The summed E-state index contributed by atoms with van der Waals surface area (Å²) in [6.45, 7) is 3.89. The maximum Gasteiger partial charge on any atom is 0.195 e. The van der Waals surface area contributed by atoms with Crippen LogP contribution in [0.25, 0.3) is 10.9 Å². The molecule has 0 bridgehead atoms. The van der Waals surface area contributed by atoms with E-state index in [9.17, 15) is 9.90 Å². The molecule has 0 saturated heterocycles. The van der Waals surface area contributed by atoms with Crippen molar-refractivity contribution in [1.29, 1.82) is 10.7 Å². The first kappa shape index (κ1) is 17.4. The topological polar surface area (TPSA) is 151 Å². The van der Waals surface area contributed by atoms with Crippen LogP contribution in [0.5, 0.6) is 5.75 Å². The van der Waals surface area contributed by atoms with Gasteiger partial charge in [-0.05, 0) is 29.8 Å². The number of phenols is 1. The number of nitrogens with one attached hydrogen (secondary N) is 2. The first-order chi connectivity index (χ1) is 13.3. The van der Waals surface area contributed by atoms with Crippen molar-refractivity contribution in [3.63, 3.8) is 0 Å². The second-order valence-electron chi connectivity index (χ2n) is 7.18. The Kier molecular flexibility index (Phi) is 3.58. The fourth-order valence-corrected chi connectivity index (χ4v) is 3.84. The zero-order valence-electron chi connectivity index (χ0n) is 15.2. The number of hydrogen-bond acceptors (Lipinski definition) is 5. The number of fused-ring (bicyclic) bond motifs is 4. The Morgan fingerprint density at radius 2 is 2.07 bits per heavy atom. The highest BCUT2D eigenvalue weighted by Gasteiger charge is 2.40. The van der Waals surface area contributed by atoms with Crippen molar-refractivity contribution in [2.24, 2.45) is 16.2 Å². The molecule has 0 saturated carbocycles. The highest BCUT2D eigenvalue weighted by atomic mass is 16.3. The number of nitriles is 1. The van der Waals surface area contributed by atoms with Gasteiger partial charge in [0.2, 0.25) is 0 Å². The van der Waals surface area contributed by atoms with E-state index >= 15 is 0 Å². The largest absolute Gasteiger partial charge is 0.507 e. The smallest absolute Gasteiger partial charge is 0.195 e. The predicted molar refractivity (Wildman–Crippen MR) is 103 cm³/mol. The maximum absolute atomic E-state index is 13.4. The Morgan fingerprint density at radius 3 is 2.75 bits per heavy atom. The third-order valence-corrected chi connectivity index (χ3v) is 5.25. The lowest BCUT2D eigenvalue weighted by atomic mass is 9.71. The standard InChI is InChI=1S/C20H16N6O2/c1-20(2)13-7-15(27)12(19(22)25-26-23)6-11(13)17(28)16-10-4-3-9(8-21)5-14(10)24-18(16)20/h3-7,24,27H,1-2H3,(H3,22,23,25). The number of phenolic OH excluding ortho intramolecular Hbond substituents is 1. The molecule has 1 heterocycles. The average molecular weight is 372 g/mol. The van der Waals surface area contributed by atoms with E-state index < -0.39 is 5.41 Å². The van der Waals surface area contributed by atoms with Crippen molar-refractivity contribution in [1.82, 2.24) is 4.98 Å². The van der Waals surface area contributed by atoms with E-state index in [0.717, 1.165) is 11.1 Å². The molecule has 138 valence electrons. The van der Waals surface area contributed by atoms with Gasteiger partial charge < -0.3 is 15.9 Å². The first-order valence-corrected chi connectivity index (χ1v) is 8.48. The molecular formula is C20H16N6O2.